The Kier molecular flexibility index (Phi) is 10.7. The number of nitrogens with one attached hydrogen (secondary N) is 2. The van der Waals surface area contributed by atoms with Crippen LogP contribution in [0.3, 0.4) is 0 Å². The number of benzene rings is 1. The van der Waals surface area contributed by atoms with Gasteiger partial charge in [-0.25, -0.2) is 4.79 Å². The highest BCUT2D eigenvalue weighted by Gasteiger charge is 2.64. The molecule has 1 fully saturated rings. The number of anilines is 2. The molecule has 0 bridgehead atoms. The quantitative estimate of drug-likeness (QED) is 0.0949. The molecule has 54 heavy (non-hydrogen) atoms. The van der Waals surface area contributed by atoms with Crippen LogP contribution in [0.15, 0.2) is 28.7 Å². The number of allylic oxidation sites excluding steroid dienone is 1. The topological polar surface area (TPSA) is 302 Å². The van der Waals surface area contributed by atoms with Crippen molar-refractivity contribution in [1.29, 1.82) is 0 Å². The maximum atomic E-state index is 14.9. The number of primary amides is 1. The number of Topliss-reactive ketones (excluding diaryl/α,β-unsaturated/α-hetero) is 2. The molecule has 11 N–H and O–H groups in total. The van der Waals surface area contributed by atoms with Gasteiger partial charge in [0.15, 0.2) is 29.0 Å². The molecule has 1 aromatic carbocycles. The highest BCUT2D eigenvalue weighted by atomic mass is 16.7. The van der Waals surface area contributed by atoms with Crippen molar-refractivity contribution in [2.24, 2.45) is 17.6 Å². The number of aliphatic carboxylic acids is 1. The number of amides is 2. The lowest BCUT2D eigenvalue weighted by molar-refractivity contribution is -0.291. The van der Waals surface area contributed by atoms with Crippen LogP contribution in [0.5, 0.6) is 5.75 Å². The normalized spacial score (nSPS) is 31.1. The molecule has 0 spiro atoms. The summed E-state index contributed by atoms with van der Waals surface area (Å²) in [5.74, 6) is -10.9. The number of hydrogen-bond acceptors (Lipinski definition) is 16. The summed E-state index contributed by atoms with van der Waals surface area (Å²) in [5, 5.41) is 83.1. The summed E-state index contributed by atoms with van der Waals surface area (Å²) in [6, 6.07) is 0.107. The Morgan fingerprint density at radius 2 is 1.69 bits per heavy atom. The molecule has 1 heterocycles. The first kappa shape index (κ1) is 40.6. The minimum Gasteiger partial charge on any atom is -0.508 e. The maximum Gasteiger partial charge on any atom is 0.335 e. The second kappa shape index (κ2) is 14.2. The minimum atomic E-state index is -2.96. The number of rotatable bonds is 9. The number of ether oxygens (including phenoxy) is 2. The third kappa shape index (κ3) is 6.69. The molecule has 4 aliphatic rings. The molecule has 0 saturated carbocycles. The molecule has 1 aliphatic heterocycles. The van der Waals surface area contributed by atoms with E-state index in [0.717, 1.165) is 0 Å². The number of carbonyl (C=O) groups excluding carboxylic acids is 4. The van der Waals surface area contributed by atoms with Crippen LogP contribution in [0.4, 0.5) is 11.4 Å². The van der Waals surface area contributed by atoms with Crippen molar-refractivity contribution < 1.29 is 69.2 Å². The maximum absolute atomic E-state index is 14.9. The summed E-state index contributed by atoms with van der Waals surface area (Å²) in [4.78, 5) is 69.2. The third-order valence-corrected chi connectivity index (χ3v) is 10.3. The number of carbonyl (C=O) groups is 5. The van der Waals surface area contributed by atoms with E-state index in [0.29, 0.717) is 11.3 Å². The molecule has 296 valence electrons. The van der Waals surface area contributed by atoms with Crippen LogP contribution in [0, 0.1) is 11.8 Å². The van der Waals surface area contributed by atoms with Gasteiger partial charge in [0.25, 0.3) is 5.91 Å². The number of aliphatic hydroxyl groups excluding tert-OH is 4. The van der Waals surface area contributed by atoms with Crippen molar-refractivity contribution in [2.45, 2.75) is 81.5 Å². The number of phenolic OH excluding ortho intramolecular Hbond substituents is 1. The van der Waals surface area contributed by atoms with Gasteiger partial charge >= 0.3 is 5.97 Å². The Labute approximate surface area is 309 Å². The minimum absolute atomic E-state index is 0.0641. The van der Waals surface area contributed by atoms with Crippen LogP contribution in [-0.4, -0.2) is 153 Å². The van der Waals surface area contributed by atoms with Crippen LogP contribution < -0.4 is 21.3 Å². The summed E-state index contributed by atoms with van der Waals surface area (Å²) in [6.07, 6.45) is -11.3. The number of hydrogen-bond donors (Lipinski definition) is 10. The van der Waals surface area contributed by atoms with E-state index in [1.807, 2.05) is 20.8 Å². The van der Waals surface area contributed by atoms with Gasteiger partial charge < -0.3 is 66.5 Å². The zero-order valence-corrected chi connectivity index (χ0v) is 30.8. The van der Waals surface area contributed by atoms with E-state index >= 15 is 0 Å². The van der Waals surface area contributed by atoms with Crippen LogP contribution in [0.1, 0.15) is 43.1 Å². The highest BCUT2D eigenvalue weighted by Crippen LogP contribution is 2.56. The lowest BCUT2D eigenvalue weighted by Crippen LogP contribution is -2.65. The summed E-state index contributed by atoms with van der Waals surface area (Å²) in [7, 11) is 6.26. The summed E-state index contributed by atoms with van der Waals surface area (Å²) in [6.45, 7) is 5.37. The Balaban J connectivity index is 1.78. The van der Waals surface area contributed by atoms with Crippen molar-refractivity contribution in [3.05, 3.63) is 39.9 Å². The number of aliphatic hydroxyl groups is 5. The number of carboxylic acids is 1. The molecule has 1 saturated heterocycles. The van der Waals surface area contributed by atoms with Gasteiger partial charge in [-0.05, 0) is 65.3 Å². The molecule has 5 rings (SSSR count). The second-order valence-corrected chi connectivity index (χ2v) is 15.5. The Morgan fingerprint density at radius 3 is 2.22 bits per heavy atom. The van der Waals surface area contributed by atoms with Crippen molar-refractivity contribution in [3.8, 4) is 5.75 Å². The number of nitrogens with two attached hydrogens (primary N) is 1. The predicted octanol–water partition coefficient (Wildman–Crippen LogP) is -2.14. The molecule has 0 aromatic heterocycles. The van der Waals surface area contributed by atoms with Gasteiger partial charge in [0.05, 0.1) is 23.8 Å². The van der Waals surface area contributed by atoms with E-state index in [9.17, 15) is 59.7 Å². The van der Waals surface area contributed by atoms with E-state index < -0.39 is 117 Å². The van der Waals surface area contributed by atoms with Gasteiger partial charge in [0, 0.05) is 36.8 Å². The summed E-state index contributed by atoms with van der Waals surface area (Å²) < 4.78 is 11.3. The largest absolute Gasteiger partial charge is 0.508 e. The zero-order chi connectivity index (χ0) is 40.5. The van der Waals surface area contributed by atoms with E-state index in [1.165, 1.54) is 25.1 Å². The average molecular weight is 762 g/mol. The fourth-order valence-electron chi connectivity index (χ4n) is 7.72. The molecular formula is C35H47N5O14. The molecule has 1 aromatic rings. The fraction of sp³-hybridized carbons (Fsp3) is 0.571. The van der Waals surface area contributed by atoms with Crippen molar-refractivity contribution in [3.63, 3.8) is 0 Å². The SMILES string of the molecule is CN(C)c1cc(NC(=O)CNC(C)(C)C)c(O)c2c1C[C@H]1C[C@H]3[C@@H](N(C)C)C(=O)C(C(N)=O)=C(O)[C@@]3(O)C(O[C@@H]3O[C@H](C(=O)O)[C@@H](O)[C@H](O)[C@H]3O)=C1C2=O. The monoisotopic (exact) mass is 761 g/mol. The van der Waals surface area contributed by atoms with Crippen LogP contribution >= 0.6 is 0 Å². The molecule has 2 amide bonds. The number of carboxylic acid groups (broad SMARTS) is 1. The average Bonchev–Trinajstić information content (AvgIpc) is 3.05. The molecular weight excluding hydrogens is 714 g/mol. The lowest BCUT2D eigenvalue weighted by Gasteiger charge is -2.52. The number of fused-ring (bicyclic) bond motifs is 3. The lowest BCUT2D eigenvalue weighted by atomic mass is 9.59. The number of aromatic hydroxyl groups is 1. The Morgan fingerprint density at radius 1 is 1.06 bits per heavy atom. The number of ketones is 2. The third-order valence-electron chi connectivity index (χ3n) is 10.3. The molecule has 19 nitrogen and oxygen atoms in total. The standard InChI is InChI=1S/C35H47N5O14/c1-34(2,3)37-11-17(41)38-15-10-16(39(4)5)13-8-12-9-14-21(40(6)7)24(44)20(31(36)49)29(48)35(14,52)30(18(12)23(43)19(13)22(15)42)54-33-27(47)25(45)26(46)28(53-33)32(50)51/h10,12,14,21,25-28,33,37,42,45-48,52H,8-9,11H2,1-7H3,(H2,36,49)(H,38,41)(H,50,51)/t12-,14-,21+,25-,26-,27+,28-,33-,35+/m0/s1. The van der Waals surface area contributed by atoms with Gasteiger partial charge in [-0.2, -0.15) is 0 Å². The van der Waals surface area contributed by atoms with Gasteiger partial charge in [0.1, 0.15) is 35.4 Å². The van der Waals surface area contributed by atoms with Crippen molar-refractivity contribution in [2.75, 3.05) is 45.0 Å². The van der Waals surface area contributed by atoms with E-state index in [4.69, 9.17) is 15.2 Å². The summed E-state index contributed by atoms with van der Waals surface area (Å²) >= 11 is 0. The molecule has 9 atom stereocenters. The van der Waals surface area contributed by atoms with Gasteiger partial charge in [0.2, 0.25) is 12.2 Å². The zero-order valence-electron chi connectivity index (χ0n) is 30.8. The smallest absolute Gasteiger partial charge is 0.335 e. The van der Waals surface area contributed by atoms with Crippen molar-refractivity contribution in [1.82, 2.24) is 10.2 Å². The van der Waals surface area contributed by atoms with Crippen molar-refractivity contribution >= 4 is 40.7 Å². The Bertz CT molecular complexity index is 1850. The number of phenols is 1. The Hall–Kier alpha value is -4.63. The molecule has 19 heteroatoms. The summed E-state index contributed by atoms with van der Waals surface area (Å²) in [5.41, 5.74) is 0.907. The van der Waals surface area contributed by atoms with E-state index in [2.05, 4.69) is 10.6 Å². The predicted molar refractivity (Wildman–Crippen MR) is 187 cm³/mol. The highest BCUT2D eigenvalue weighted by molar-refractivity contribution is 6.22. The van der Waals surface area contributed by atoms with Crippen LogP contribution in [0.2, 0.25) is 0 Å². The number of nitrogens with zero attached hydrogens (tertiary/aromatic N) is 2. The molecule has 3 aliphatic carbocycles. The van der Waals surface area contributed by atoms with Crippen LogP contribution in [0.25, 0.3) is 0 Å². The number of likely N-dealkylation sites (N-methyl/N-ethyl adjacent to an activating group) is 1. The van der Waals surface area contributed by atoms with E-state index in [1.54, 1.807) is 19.0 Å². The van der Waals surface area contributed by atoms with Gasteiger partial charge in [-0.1, -0.05) is 0 Å². The van der Waals surface area contributed by atoms with Gasteiger partial charge in [-0.15, -0.1) is 0 Å². The van der Waals surface area contributed by atoms with Gasteiger partial charge in [-0.3, -0.25) is 24.1 Å². The first-order valence-electron chi connectivity index (χ1n) is 17.1. The molecule has 0 radical (unpaired) electrons. The first-order valence-corrected chi connectivity index (χ1v) is 17.1. The van der Waals surface area contributed by atoms with Crippen LogP contribution in [-0.2, 0) is 35.1 Å². The van der Waals surface area contributed by atoms with E-state index in [-0.39, 0.29) is 30.6 Å². The molecule has 0 unspecified atom stereocenters. The first-order chi connectivity index (χ1) is 24.9. The fourth-order valence-corrected chi connectivity index (χ4v) is 7.72. The second-order valence-electron chi connectivity index (χ2n) is 15.5.